The fourth-order valence-corrected chi connectivity index (χ4v) is 2.91. The number of carboxylic acids is 1. The molecule has 1 aromatic heterocycles. The zero-order valence-corrected chi connectivity index (χ0v) is 13.3. The summed E-state index contributed by atoms with van der Waals surface area (Å²) in [5.74, 6) is -0.796. The van der Waals surface area contributed by atoms with E-state index in [0.29, 0.717) is 31.1 Å². The molecule has 0 saturated heterocycles. The molecule has 0 radical (unpaired) electrons. The van der Waals surface area contributed by atoms with Crippen molar-refractivity contribution in [1.29, 1.82) is 0 Å². The van der Waals surface area contributed by atoms with Crippen molar-refractivity contribution in [3.05, 3.63) is 21.4 Å². The van der Waals surface area contributed by atoms with Crippen LogP contribution >= 0.6 is 11.3 Å². The predicted molar refractivity (Wildman–Crippen MR) is 80.3 cm³/mol. The molecule has 0 unspecified atom stereocenters. The van der Waals surface area contributed by atoms with Gasteiger partial charge < -0.3 is 10.0 Å². The number of likely N-dealkylation sites (N-methyl/N-ethyl adjacent to an activating group) is 2. The summed E-state index contributed by atoms with van der Waals surface area (Å²) >= 11 is 1.28. The summed E-state index contributed by atoms with van der Waals surface area (Å²) in [5.41, 5.74) is 0.974. The Morgan fingerprint density at radius 1 is 1.30 bits per heavy atom. The number of carbonyl (C=O) groups excluding carboxylic acids is 1. The molecule has 1 N–H and O–H groups in total. The lowest BCUT2D eigenvalue weighted by molar-refractivity contribution is -0.131. The average Bonchev–Trinajstić information content (AvgIpc) is 2.72. The predicted octanol–water partition coefficient (Wildman–Crippen LogP) is 2.05. The fourth-order valence-electron chi connectivity index (χ4n) is 2.04. The van der Waals surface area contributed by atoms with Crippen molar-refractivity contribution in [2.75, 3.05) is 26.7 Å². The van der Waals surface area contributed by atoms with Crippen molar-refractivity contribution in [1.82, 2.24) is 9.80 Å². The second kappa shape index (κ2) is 7.40. The minimum atomic E-state index is -0.897. The summed E-state index contributed by atoms with van der Waals surface area (Å²) in [6.07, 6.45) is 0. The van der Waals surface area contributed by atoms with Crippen LogP contribution in [0.5, 0.6) is 0 Å². The average molecular weight is 298 g/mol. The van der Waals surface area contributed by atoms with E-state index < -0.39 is 5.97 Å². The maximum atomic E-state index is 12.0. The number of amides is 1. The summed E-state index contributed by atoms with van der Waals surface area (Å²) in [7, 11) is 1.87. The number of hydrogen-bond donors (Lipinski definition) is 1. The van der Waals surface area contributed by atoms with Crippen LogP contribution in [0.1, 0.15) is 34.0 Å². The molecular weight excluding hydrogens is 276 g/mol. The van der Waals surface area contributed by atoms with Crippen LogP contribution in [0.25, 0.3) is 0 Å². The minimum absolute atomic E-state index is 0.101. The van der Waals surface area contributed by atoms with Gasteiger partial charge in [0.25, 0.3) is 0 Å². The Balaban J connectivity index is 2.64. The van der Waals surface area contributed by atoms with E-state index in [1.165, 1.54) is 11.3 Å². The van der Waals surface area contributed by atoms with Gasteiger partial charge in [-0.1, -0.05) is 0 Å². The molecule has 1 heterocycles. The fraction of sp³-hybridized carbons (Fsp3) is 0.571. The number of rotatable bonds is 7. The molecular formula is C14H22N2O3S. The van der Waals surface area contributed by atoms with Gasteiger partial charge in [0, 0.05) is 24.5 Å². The molecule has 0 spiro atoms. The van der Waals surface area contributed by atoms with Gasteiger partial charge in [0.05, 0.1) is 6.54 Å². The first-order valence-corrected chi connectivity index (χ1v) is 7.49. The SMILES string of the molecule is CCN(CC)C(=O)CN(C)Cc1cc(C(=O)O)sc1C. The lowest BCUT2D eigenvalue weighted by atomic mass is 10.2. The first-order valence-electron chi connectivity index (χ1n) is 6.67. The lowest BCUT2D eigenvalue weighted by Crippen LogP contribution is -2.38. The third-order valence-corrected chi connectivity index (χ3v) is 4.27. The Morgan fingerprint density at radius 2 is 1.90 bits per heavy atom. The molecule has 0 aliphatic carbocycles. The van der Waals surface area contributed by atoms with Crippen LogP contribution in [-0.4, -0.2) is 53.5 Å². The normalized spacial score (nSPS) is 10.8. The summed E-state index contributed by atoms with van der Waals surface area (Å²) in [5, 5.41) is 8.97. The maximum absolute atomic E-state index is 12.0. The molecule has 0 aliphatic rings. The van der Waals surface area contributed by atoms with Gasteiger partial charge in [0.1, 0.15) is 4.88 Å². The van der Waals surface area contributed by atoms with E-state index >= 15 is 0 Å². The number of hydrogen-bond acceptors (Lipinski definition) is 4. The third-order valence-electron chi connectivity index (χ3n) is 3.19. The highest BCUT2D eigenvalue weighted by atomic mass is 32.1. The zero-order valence-electron chi connectivity index (χ0n) is 12.5. The summed E-state index contributed by atoms with van der Waals surface area (Å²) < 4.78 is 0. The van der Waals surface area contributed by atoms with Gasteiger partial charge in [-0.05, 0) is 39.4 Å². The maximum Gasteiger partial charge on any atom is 0.345 e. The van der Waals surface area contributed by atoms with E-state index in [9.17, 15) is 9.59 Å². The van der Waals surface area contributed by atoms with Crippen LogP contribution in [0.15, 0.2) is 6.07 Å². The molecule has 0 atom stereocenters. The van der Waals surface area contributed by atoms with Crippen LogP contribution < -0.4 is 0 Å². The number of aromatic carboxylic acids is 1. The summed E-state index contributed by atoms with van der Waals surface area (Å²) in [4.78, 5) is 28.0. The van der Waals surface area contributed by atoms with Crippen molar-refractivity contribution in [3.8, 4) is 0 Å². The van der Waals surface area contributed by atoms with E-state index in [-0.39, 0.29) is 5.91 Å². The number of nitrogens with zero attached hydrogens (tertiary/aromatic N) is 2. The quantitative estimate of drug-likeness (QED) is 0.837. The Morgan fingerprint density at radius 3 is 2.35 bits per heavy atom. The van der Waals surface area contributed by atoms with Crippen LogP contribution in [-0.2, 0) is 11.3 Å². The van der Waals surface area contributed by atoms with Gasteiger partial charge in [-0.25, -0.2) is 4.79 Å². The van der Waals surface area contributed by atoms with Gasteiger partial charge in [-0.3, -0.25) is 9.69 Å². The summed E-state index contributed by atoms with van der Waals surface area (Å²) in [6.45, 7) is 8.19. The second-order valence-corrected chi connectivity index (χ2v) is 5.99. The molecule has 0 bridgehead atoms. The first-order chi connectivity index (χ1) is 9.38. The Bertz CT molecular complexity index is 481. The Labute approximate surface area is 123 Å². The van der Waals surface area contributed by atoms with Crippen molar-refractivity contribution < 1.29 is 14.7 Å². The molecule has 20 heavy (non-hydrogen) atoms. The number of carbonyl (C=O) groups is 2. The highest BCUT2D eigenvalue weighted by molar-refractivity contribution is 7.14. The van der Waals surface area contributed by atoms with Crippen LogP contribution in [0.2, 0.25) is 0 Å². The van der Waals surface area contributed by atoms with Crippen molar-refractivity contribution in [3.63, 3.8) is 0 Å². The zero-order chi connectivity index (χ0) is 15.3. The smallest absolute Gasteiger partial charge is 0.345 e. The summed E-state index contributed by atoms with van der Waals surface area (Å²) in [6, 6.07) is 1.70. The lowest BCUT2D eigenvalue weighted by Gasteiger charge is -2.23. The molecule has 0 aliphatic heterocycles. The first kappa shape index (κ1) is 16.7. The van der Waals surface area contributed by atoms with E-state index in [1.54, 1.807) is 11.0 Å². The standard InChI is InChI=1S/C14H22N2O3S/c1-5-16(6-2)13(17)9-15(4)8-11-7-12(14(18)19)20-10(11)3/h7H,5-6,8-9H2,1-4H3,(H,18,19). The molecule has 1 amide bonds. The molecule has 5 nitrogen and oxygen atoms in total. The molecule has 112 valence electrons. The second-order valence-electron chi connectivity index (χ2n) is 4.74. The third kappa shape index (κ3) is 4.31. The van der Waals surface area contributed by atoms with E-state index in [4.69, 9.17) is 5.11 Å². The monoisotopic (exact) mass is 298 g/mol. The number of carboxylic acid groups (broad SMARTS) is 1. The van der Waals surface area contributed by atoms with Gasteiger partial charge in [0.2, 0.25) is 5.91 Å². The van der Waals surface area contributed by atoms with Crippen LogP contribution in [0.4, 0.5) is 0 Å². The van der Waals surface area contributed by atoms with Gasteiger partial charge >= 0.3 is 5.97 Å². The van der Waals surface area contributed by atoms with Gasteiger partial charge in [0.15, 0.2) is 0 Å². The molecule has 0 saturated carbocycles. The molecule has 6 heteroatoms. The topological polar surface area (TPSA) is 60.9 Å². The molecule has 0 fully saturated rings. The van der Waals surface area contributed by atoms with Crippen LogP contribution in [0.3, 0.4) is 0 Å². The van der Waals surface area contributed by atoms with Gasteiger partial charge in [-0.2, -0.15) is 0 Å². The van der Waals surface area contributed by atoms with Crippen molar-refractivity contribution in [2.24, 2.45) is 0 Å². The van der Waals surface area contributed by atoms with Gasteiger partial charge in [-0.15, -0.1) is 11.3 Å². The minimum Gasteiger partial charge on any atom is -0.477 e. The van der Waals surface area contributed by atoms with Crippen molar-refractivity contribution in [2.45, 2.75) is 27.3 Å². The van der Waals surface area contributed by atoms with E-state index in [2.05, 4.69) is 0 Å². The van der Waals surface area contributed by atoms with Crippen molar-refractivity contribution >= 4 is 23.2 Å². The van der Waals surface area contributed by atoms with E-state index in [0.717, 1.165) is 10.4 Å². The van der Waals surface area contributed by atoms with Crippen LogP contribution in [0, 0.1) is 6.92 Å². The molecule has 1 aromatic rings. The molecule has 1 rings (SSSR count). The molecule has 0 aromatic carbocycles. The van der Waals surface area contributed by atoms with E-state index in [1.807, 2.05) is 32.7 Å². The largest absolute Gasteiger partial charge is 0.477 e. The Kier molecular flexibility index (Phi) is 6.16. The number of aryl methyl sites for hydroxylation is 1. The number of thiophene rings is 1. The highest BCUT2D eigenvalue weighted by Crippen LogP contribution is 2.22. The highest BCUT2D eigenvalue weighted by Gasteiger charge is 2.15. The Hall–Kier alpha value is -1.40.